The fourth-order valence-corrected chi connectivity index (χ4v) is 1.98. The molecule has 0 spiro atoms. The molecule has 0 amide bonds. The van der Waals surface area contributed by atoms with Gasteiger partial charge in [0, 0.05) is 17.1 Å². The van der Waals surface area contributed by atoms with Crippen LogP contribution in [0, 0.1) is 6.92 Å². The number of methoxy groups -OCH3 is 1. The van der Waals surface area contributed by atoms with E-state index in [0.717, 1.165) is 17.7 Å². The molecule has 1 heterocycles. The van der Waals surface area contributed by atoms with Crippen LogP contribution < -0.4 is 10.5 Å². The lowest BCUT2D eigenvalue weighted by Crippen LogP contribution is -2.04. The number of ether oxygens (including phenoxy) is 1. The maximum Gasteiger partial charge on any atom is 0.131 e. The van der Waals surface area contributed by atoms with Crippen LogP contribution in [0.4, 0.5) is 0 Å². The van der Waals surface area contributed by atoms with Crippen LogP contribution in [0.25, 0.3) is 10.9 Å². The zero-order chi connectivity index (χ0) is 10.8. The second-order valence-electron chi connectivity index (χ2n) is 3.69. The third-order valence-electron chi connectivity index (χ3n) is 2.70. The van der Waals surface area contributed by atoms with E-state index in [0.29, 0.717) is 6.54 Å². The number of aromatic nitrogens is 1. The topological polar surface area (TPSA) is 51.0 Å². The van der Waals surface area contributed by atoms with Crippen LogP contribution in [0.3, 0.4) is 0 Å². The van der Waals surface area contributed by atoms with E-state index in [-0.39, 0.29) is 0 Å². The molecule has 2 aromatic rings. The summed E-state index contributed by atoms with van der Waals surface area (Å²) in [5, 5.41) is 1.17. The monoisotopic (exact) mass is 204 g/mol. The molecule has 1 aromatic heterocycles. The zero-order valence-electron chi connectivity index (χ0n) is 9.13. The second kappa shape index (κ2) is 3.95. The van der Waals surface area contributed by atoms with E-state index < -0.39 is 0 Å². The van der Waals surface area contributed by atoms with Crippen molar-refractivity contribution >= 4 is 10.9 Å². The van der Waals surface area contributed by atoms with Gasteiger partial charge >= 0.3 is 0 Å². The van der Waals surface area contributed by atoms with Crippen LogP contribution in [-0.2, 0) is 6.42 Å². The molecule has 0 saturated carbocycles. The summed E-state index contributed by atoms with van der Waals surface area (Å²) in [5.41, 5.74) is 9.08. The fraction of sp³-hybridized carbons (Fsp3) is 0.333. The molecule has 0 aliphatic carbocycles. The number of aryl methyl sites for hydroxylation is 1. The van der Waals surface area contributed by atoms with E-state index in [2.05, 4.69) is 24.0 Å². The van der Waals surface area contributed by atoms with Gasteiger partial charge in [0.2, 0.25) is 0 Å². The lowest BCUT2D eigenvalue weighted by atomic mass is 10.1. The predicted molar refractivity (Wildman–Crippen MR) is 62.3 cm³/mol. The Morgan fingerprint density at radius 2 is 2.20 bits per heavy atom. The van der Waals surface area contributed by atoms with Gasteiger partial charge in [-0.05, 0) is 37.1 Å². The predicted octanol–water partition coefficient (Wildman–Crippen LogP) is 1.99. The average molecular weight is 204 g/mol. The summed E-state index contributed by atoms with van der Waals surface area (Å²) in [6.45, 7) is 2.72. The smallest absolute Gasteiger partial charge is 0.131 e. The van der Waals surface area contributed by atoms with Gasteiger partial charge in [-0.1, -0.05) is 6.07 Å². The zero-order valence-corrected chi connectivity index (χ0v) is 9.13. The molecule has 0 unspecified atom stereocenters. The molecule has 3 heteroatoms. The quantitative estimate of drug-likeness (QED) is 0.803. The van der Waals surface area contributed by atoms with Crippen LogP contribution in [0.15, 0.2) is 18.3 Å². The first-order valence-corrected chi connectivity index (χ1v) is 5.11. The third-order valence-corrected chi connectivity index (χ3v) is 2.70. The van der Waals surface area contributed by atoms with Crippen molar-refractivity contribution < 1.29 is 4.74 Å². The molecule has 15 heavy (non-hydrogen) atoms. The first-order chi connectivity index (χ1) is 7.27. The number of aromatic amines is 1. The van der Waals surface area contributed by atoms with E-state index in [1.54, 1.807) is 7.11 Å². The molecule has 0 radical (unpaired) electrons. The van der Waals surface area contributed by atoms with Gasteiger partial charge in [-0.15, -0.1) is 0 Å². The van der Waals surface area contributed by atoms with Crippen LogP contribution in [-0.4, -0.2) is 18.6 Å². The van der Waals surface area contributed by atoms with E-state index >= 15 is 0 Å². The summed E-state index contributed by atoms with van der Waals surface area (Å²) in [7, 11) is 1.71. The number of nitrogens with two attached hydrogens (primary N) is 1. The molecule has 0 aliphatic heterocycles. The van der Waals surface area contributed by atoms with Crippen LogP contribution in [0.1, 0.15) is 11.1 Å². The maximum atomic E-state index is 5.58. The minimum Gasteiger partial charge on any atom is -0.496 e. The fourth-order valence-electron chi connectivity index (χ4n) is 1.98. The van der Waals surface area contributed by atoms with Crippen LogP contribution in [0.5, 0.6) is 5.75 Å². The largest absolute Gasteiger partial charge is 0.496 e. The number of H-pyrrole nitrogens is 1. The van der Waals surface area contributed by atoms with Gasteiger partial charge in [-0.25, -0.2) is 0 Å². The molecule has 0 aliphatic rings. The number of nitrogens with one attached hydrogen (secondary N) is 1. The van der Waals surface area contributed by atoms with Crippen molar-refractivity contribution in [3.05, 3.63) is 29.5 Å². The van der Waals surface area contributed by atoms with Crippen molar-refractivity contribution in [2.24, 2.45) is 5.73 Å². The van der Waals surface area contributed by atoms with Crippen molar-refractivity contribution in [3.8, 4) is 5.75 Å². The molecule has 80 valence electrons. The highest BCUT2D eigenvalue weighted by atomic mass is 16.5. The molecular formula is C12H16N2O. The summed E-state index contributed by atoms with van der Waals surface area (Å²) in [6.07, 6.45) is 2.85. The van der Waals surface area contributed by atoms with E-state index in [9.17, 15) is 0 Å². The number of benzene rings is 1. The molecule has 3 nitrogen and oxygen atoms in total. The summed E-state index contributed by atoms with van der Waals surface area (Å²) < 4.78 is 5.47. The molecule has 0 saturated heterocycles. The molecule has 0 atom stereocenters. The lowest BCUT2D eigenvalue weighted by molar-refractivity contribution is 0.415. The van der Waals surface area contributed by atoms with Crippen molar-refractivity contribution in [2.75, 3.05) is 13.7 Å². The van der Waals surface area contributed by atoms with Crippen molar-refractivity contribution in [1.29, 1.82) is 0 Å². The highest BCUT2D eigenvalue weighted by molar-refractivity contribution is 5.90. The normalized spacial score (nSPS) is 10.9. The van der Waals surface area contributed by atoms with Crippen molar-refractivity contribution in [2.45, 2.75) is 13.3 Å². The summed E-state index contributed by atoms with van der Waals surface area (Å²) in [6, 6.07) is 4.15. The molecule has 2 rings (SSSR count). The first-order valence-electron chi connectivity index (χ1n) is 5.11. The summed E-state index contributed by atoms with van der Waals surface area (Å²) >= 11 is 0. The van der Waals surface area contributed by atoms with Crippen molar-refractivity contribution in [3.63, 3.8) is 0 Å². The van der Waals surface area contributed by atoms with Crippen molar-refractivity contribution in [1.82, 2.24) is 4.98 Å². The van der Waals surface area contributed by atoms with E-state index in [4.69, 9.17) is 10.5 Å². The minimum absolute atomic E-state index is 0.644. The van der Waals surface area contributed by atoms with Gasteiger partial charge < -0.3 is 15.5 Å². The highest BCUT2D eigenvalue weighted by Gasteiger charge is 2.10. The molecular weight excluding hydrogens is 188 g/mol. The van der Waals surface area contributed by atoms with Gasteiger partial charge in [0.15, 0.2) is 0 Å². The number of hydrogen-bond acceptors (Lipinski definition) is 2. The summed E-state index contributed by atoms with van der Waals surface area (Å²) in [4.78, 5) is 3.22. The first kappa shape index (κ1) is 10.1. The second-order valence-corrected chi connectivity index (χ2v) is 3.69. The summed E-state index contributed by atoms with van der Waals surface area (Å²) in [5.74, 6) is 0.955. The number of rotatable bonds is 3. The standard InChI is InChI=1S/C12H16N2O/c1-8-7-14-10-4-3-9(5-6-13)12(15-2)11(8)10/h3-4,7,14H,5-6,13H2,1-2H3. The van der Waals surface area contributed by atoms with E-state index in [1.165, 1.54) is 16.5 Å². The van der Waals surface area contributed by atoms with Crippen LogP contribution >= 0.6 is 0 Å². The van der Waals surface area contributed by atoms with Gasteiger partial charge in [-0.2, -0.15) is 0 Å². The minimum atomic E-state index is 0.644. The molecule has 3 N–H and O–H groups in total. The number of fused-ring (bicyclic) bond motifs is 1. The Morgan fingerprint density at radius 1 is 1.40 bits per heavy atom. The Bertz CT molecular complexity index is 474. The highest BCUT2D eigenvalue weighted by Crippen LogP contribution is 2.32. The average Bonchev–Trinajstić information content (AvgIpc) is 2.61. The molecule has 0 fully saturated rings. The number of hydrogen-bond donors (Lipinski definition) is 2. The maximum absolute atomic E-state index is 5.58. The van der Waals surface area contributed by atoms with Gasteiger partial charge in [0.1, 0.15) is 5.75 Å². The SMILES string of the molecule is COc1c(CCN)ccc2[nH]cc(C)c12. The Hall–Kier alpha value is -1.48. The Morgan fingerprint density at radius 3 is 2.87 bits per heavy atom. The third kappa shape index (κ3) is 1.59. The van der Waals surface area contributed by atoms with Gasteiger partial charge in [0.05, 0.1) is 7.11 Å². The molecule has 1 aromatic carbocycles. The Labute approximate surface area is 89.2 Å². The van der Waals surface area contributed by atoms with Gasteiger partial charge in [0.25, 0.3) is 0 Å². The Balaban J connectivity index is 2.68. The van der Waals surface area contributed by atoms with Gasteiger partial charge in [-0.3, -0.25) is 0 Å². The molecule has 0 bridgehead atoms. The van der Waals surface area contributed by atoms with E-state index in [1.807, 2.05) is 6.20 Å². The lowest BCUT2D eigenvalue weighted by Gasteiger charge is -2.09. The Kier molecular flexibility index (Phi) is 2.64. The van der Waals surface area contributed by atoms with Crippen LogP contribution in [0.2, 0.25) is 0 Å².